The van der Waals surface area contributed by atoms with Crippen LogP contribution in [0.4, 0.5) is 0 Å². The number of pyridine rings is 1. The highest BCUT2D eigenvalue weighted by molar-refractivity contribution is 5.92. The van der Waals surface area contributed by atoms with E-state index in [1.54, 1.807) is 18.2 Å². The van der Waals surface area contributed by atoms with Gasteiger partial charge in [0.05, 0.1) is 5.41 Å². The minimum absolute atomic E-state index is 0.178. The normalized spacial score (nSPS) is 17.3. The van der Waals surface area contributed by atoms with Crippen LogP contribution < -0.4 is 5.32 Å². The molecule has 18 heavy (non-hydrogen) atoms. The van der Waals surface area contributed by atoms with Crippen LogP contribution in [0.5, 0.6) is 0 Å². The molecule has 1 heterocycles. The molecule has 1 aliphatic carbocycles. The highest BCUT2D eigenvalue weighted by Gasteiger charge is 2.41. The van der Waals surface area contributed by atoms with Crippen LogP contribution in [0.3, 0.4) is 0 Å². The molecule has 1 aromatic heterocycles. The number of nitrogens with zero attached hydrogens (tertiary/aromatic N) is 1. The number of amides is 1. The molecular formula is C13H16N2O3. The van der Waals surface area contributed by atoms with Crippen LogP contribution in [0.15, 0.2) is 24.4 Å². The number of carboxylic acids is 1. The molecule has 2 N–H and O–H groups in total. The van der Waals surface area contributed by atoms with Crippen molar-refractivity contribution in [3.8, 4) is 0 Å². The van der Waals surface area contributed by atoms with Gasteiger partial charge in [-0.05, 0) is 25.0 Å². The number of aliphatic carboxylic acids is 1. The van der Waals surface area contributed by atoms with Gasteiger partial charge in [0.25, 0.3) is 5.91 Å². The van der Waals surface area contributed by atoms with Gasteiger partial charge in [-0.3, -0.25) is 14.6 Å². The molecule has 0 aliphatic heterocycles. The Labute approximate surface area is 105 Å². The lowest BCUT2D eigenvalue weighted by atomic mass is 9.86. The van der Waals surface area contributed by atoms with Crippen LogP contribution in [0.1, 0.15) is 36.2 Å². The Kier molecular flexibility index (Phi) is 3.60. The fraction of sp³-hybridized carbons (Fsp3) is 0.462. The van der Waals surface area contributed by atoms with Gasteiger partial charge in [0.15, 0.2) is 0 Å². The number of hydrogen-bond donors (Lipinski definition) is 2. The van der Waals surface area contributed by atoms with Crippen LogP contribution in [0.2, 0.25) is 0 Å². The van der Waals surface area contributed by atoms with Crippen LogP contribution in [-0.4, -0.2) is 28.5 Å². The van der Waals surface area contributed by atoms with Gasteiger partial charge in [-0.1, -0.05) is 18.9 Å². The molecule has 96 valence electrons. The van der Waals surface area contributed by atoms with Gasteiger partial charge in [0.2, 0.25) is 0 Å². The number of rotatable bonds is 4. The number of aromatic nitrogens is 1. The van der Waals surface area contributed by atoms with Crippen molar-refractivity contribution in [1.82, 2.24) is 10.3 Å². The van der Waals surface area contributed by atoms with E-state index in [1.165, 1.54) is 6.20 Å². The van der Waals surface area contributed by atoms with Crippen molar-refractivity contribution in [2.24, 2.45) is 5.41 Å². The first-order valence-corrected chi connectivity index (χ1v) is 6.07. The fourth-order valence-corrected chi connectivity index (χ4v) is 2.36. The van der Waals surface area contributed by atoms with Gasteiger partial charge >= 0.3 is 5.97 Å². The molecule has 1 aromatic rings. The molecule has 0 radical (unpaired) electrons. The quantitative estimate of drug-likeness (QED) is 0.845. The Morgan fingerprint density at radius 1 is 1.33 bits per heavy atom. The SMILES string of the molecule is O=C(NCC1(C(=O)O)CCCC1)c1ccccn1. The van der Waals surface area contributed by atoms with Crippen LogP contribution in [0.25, 0.3) is 0 Å². The minimum Gasteiger partial charge on any atom is -0.481 e. The second-order valence-corrected chi connectivity index (χ2v) is 4.69. The van der Waals surface area contributed by atoms with E-state index in [2.05, 4.69) is 10.3 Å². The van der Waals surface area contributed by atoms with Gasteiger partial charge in [-0.25, -0.2) is 0 Å². The van der Waals surface area contributed by atoms with Crippen molar-refractivity contribution in [2.45, 2.75) is 25.7 Å². The molecule has 1 fully saturated rings. The van der Waals surface area contributed by atoms with Gasteiger partial charge in [0.1, 0.15) is 5.69 Å². The highest BCUT2D eigenvalue weighted by atomic mass is 16.4. The van der Waals surface area contributed by atoms with E-state index < -0.39 is 11.4 Å². The lowest BCUT2D eigenvalue weighted by molar-refractivity contribution is -0.148. The first-order chi connectivity index (χ1) is 8.64. The molecule has 1 aliphatic rings. The molecule has 0 saturated heterocycles. The third-order valence-corrected chi connectivity index (χ3v) is 3.50. The Morgan fingerprint density at radius 2 is 2.06 bits per heavy atom. The molecule has 1 saturated carbocycles. The molecule has 0 aromatic carbocycles. The average Bonchev–Trinajstić information content (AvgIpc) is 2.87. The summed E-state index contributed by atoms with van der Waals surface area (Å²) in [6.45, 7) is 0.178. The second-order valence-electron chi connectivity index (χ2n) is 4.69. The van der Waals surface area contributed by atoms with Crippen LogP contribution in [0, 0.1) is 5.41 Å². The summed E-state index contributed by atoms with van der Waals surface area (Å²) in [6.07, 6.45) is 4.62. The summed E-state index contributed by atoms with van der Waals surface area (Å²) in [5.74, 6) is -1.13. The summed E-state index contributed by atoms with van der Waals surface area (Å²) in [5, 5.41) is 12.0. The molecular weight excluding hydrogens is 232 g/mol. The lowest BCUT2D eigenvalue weighted by Gasteiger charge is -2.23. The molecule has 0 atom stereocenters. The Balaban J connectivity index is 1.99. The summed E-state index contributed by atoms with van der Waals surface area (Å²) < 4.78 is 0. The predicted octanol–water partition coefficient (Wildman–Crippen LogP) is 1.46. The standard InChI is InChI=1S/C13H16N2O3/c16-11(10-5-1-4-8-14-10)15-9-13(12(17)18)6-2-3-7-13/h1,4-5,8H,2-3,6-7,9H2,(H,15,16)(H,17,18). The van der Waals surface area contributed by atoms with E-state index in [1.807, 2.05) is 0 Å². The summed E-state index contributed by atoms with van der Waals surface area (Å²) in [5.41, 5.74) is -0.471. The Hall–Kier alpha value is -1.91. The van der Waals surface area contributed by atoms with Crippen molar-refractivity contribution in [2.75, 3.05) is 6.54 Å². The smallest absolute Gasteiger partial charge is 0.311 e. The lowest BCUT2D eigenvalue weighted by Crippen LogP contribution is -2.41. The summed E-state index contributed by atoms with van der Waals surface area (Å²) in [4.78, 5) is 27.0. The maximum atomic E-state index is 11.8. The van der Waals surface area contributed by atoms with Gasteiger partial charge in [0, 0.05) is 12.7 Å². The van der Waals surface area contributed by atoms with Gasteiger partial charge < -0.3 is 10.4 Å². The van der Waals surface area contributed by atoms with Crippen molar-refractivity contribution >= 4 is 11.9 Å². The first-order valence-electron chi connectivity index (χ1n) is 6.07. The van der Waals surface area contributed by atoms with Crippen molar-refractivity contribution in [3.63, 3.8) is 0 Å². The summed E-state index contributed by atoms with van der Waals surface area (Å²) in [7, 11) is 0. The number of carboxylic acid groups (broad SMARTS) is 1. The van der Waals surface area contributed by atoms with E-state index in [0.29, 0.717) is 18.5 Å². The molecule has 2 rings (SSSR count). The first kappa shape index (κ1) is 12.5. The molecule has 0 unspecified atom stereocenters. The third-order valence-electron chi connectivity index (χ3n) is 3.50. The largest absolute Gasteiger partial charge is 0.481 e. The summed E-state index contributed by atoms with van der Waals surface area (Å²) in [6, 6.07) is 5.06. The van der Waals surface area contributed by atoms with E-state index in [9.17, 15) is 14.7 Å². The van der Waals surface area contributed by atoms with Crippen LogP contribution >= 0.6 is 0 Å². The van der Waals surface area contributed by atoms with Crippen molar-refractivity contribution < 1.29 is 14.7 Å². The van der Waals surface area contributed by atoms with E-state index in [-0.39, 0.29) is 12.5 Å². The molecule has 0 bridgehead atoms. The number of nitrogens with one attached hydrogen (secondary N) is 1. The average molecular weight is 248 g/mol. The summed E-state index contributed by atoms with van der Waals surface area (Å²) >= 11 is 0. The zero-order valence-corrected chi connectivity index (χ0v) is 10.1. The zero-order valence-electron chi connectivity index (χ0n) is 10.1. The predicted molar refractivity (Wildman–Crippen MR) is 65.1 cm³/mol. The Bertz CT molecular complexity index is 439. The van der Waals surface area contributed by atoms with Gasteiger partial charge in [-0.2, -0.15) is 0 Å². The highest BCUT2D eigenvalue weighted by Crippen LogP contribution is 2.37. The molecule has 5 nitrogen and oxygen atoms in total. The van der Waals surface area contributed by atoms with Crippen molar-refractivity contribution in [1.29, 1.82) is 0 Å². The zero-order chi connectivity index (χ0) is 13.0. The Morgan fingerprint density at radius 3 is 2.61 bits per heavy atom. The number of carbonyl (C=O) groups excluding carboxylic acids is 1. The fourth-order valence-electron chi connectivity index (χ4n) is 2.36. The molecule has 0 spiro atoms. The third kappa shape index (κ3) is 2.50. The van der Waals surface area contributed by atoms with E-state index in [4.69, 9.17) is 0 Å². The molecule has 1 amide bonds. The maximum absolute atomic E-state index is 11.8. The van der Waals surface area contributed by atoms with E-state index >= 15 is 0 Å². The monoisotopic (exact) mass is 248 g/mol. The minimum atomic E-state index is -0.818. The van der Waals surface area contributed by atoms with Gasteiger partial charge in [-0.15, -0.1) is 0 Å². The maximum Gasteiger partial charge on any atom is 0.311 e. The molecule has 5 heteroatoms. The van der Waals surface area contributed by atoms with Crippen LogP contribution in [-0.2, 0) is 4.79 Å². The van der Waals surface area contributed by atoms with Crippen molar-refractivity contribution in [3.05, 3.63) is 30.1 Å². The topological polar surface area (TPSA) is 79.3 Å². The second kappa shape index (κ2) is 5.16. The van der Waals surface area contributed by atoms with E-state index in [0.717, 1.165) is 12.8 Å². The number of hydrogen-bond acceptors (Lipinski definition) is 3. The number of carbonyl (C=O) groups is 2.